The van der Waals surface area contributed by atoms with Crippen LogP contribution in [-0.4, -0.2) is 141 Å². The van der Waals surface area contributed by atoms with Crippen molar-refractivity contribution in [3.8, 4) is 0 Å². The predicted molar refractivity (Wildman–Crippen MR) is 147 cm³/mol. The third-order valence-corrected chi connectivity index (χ3v) is 7.60. The van der Waals surface area contributed by atoms with E-state index in [1.165, 1.54) is 0 Å². The zero-order valence-electron chi connectivity index (χ0n) is 23.2. The molecule has 1 saturated heterocycles. The van der Waals surface area contributed by atoms with Crippen molar-refractivity contribution in [3.63, 3.8) is 0 Å². The molecule has 0 bridgehead atoms. The summed E-state index contributed by atoms with van der Waals surface area (Å²) < 4.78 is 0. The number of aliphatic hydroxyl groups is 9. The Kier molecular flexibility index (Phi) is 19.0. The lowest BCUT2D eigenvalue weighted by atomic mass is 9.78. The summed E-state index contributed by atoms with van der Waals surface area (Å²) in [6, 6.07) is -0.925. The first-order chi connectivity index (χ1) is 18.9. The van der Waals surface area contributed by atoms with E-state index >= 15 is 0 Å². The van der Waals surface area contributed by atoms with Crippen LogP contribution in [0.4, 0.5) is 0 Å². The van der Waals surface area contributed by atoms with E-state index < -0.39 is 74.3 Å². The van der Waals surface area contributed by atoms with Crippen LogP contribution < -0.4 is 38.5 Å². The Morgan fingerprint density at radius 2 is 1.38 bits per heavy atom. The van der Waals surface area contributed by atoms with Crippen molar-refractivity contribution in [1.82, 2.24) is 21.3 Å². The molecule has 0 radical (unpaired) electrons. The first kappa shape index (κ1) is 37.4. The number of hydrogen-bond acceptors (Lipinski definition) is 16. The Hall–Kier alpha value is -0.640. The standard InChI is InChI=1S/C24H55N7O9/c25-7-22(38)29-9-23(39)31-16(2-4-21(27)37)19(35)5-13(10-32)18(34)6-14(11-33)24(40)15(1-3-20(26)36)17-8-28-12-30-17/h13-24,28-40H,1-12,25-27H2. The van der Waals surface area contributed by atoms with Crippen molar-refractivity contribution in [2.45, 2.75) is 93.8 Å². The van der Waals surface area contributed by atoms with E-state index in [2.05, 4.69) is 21.3 Å². The smallest absolute Gasteiger partial charge is 0.117 e. The summed E-state index contributed by atoms with van der Waals surface area (Å²) in [5, 5.41) is 104. The van der Waals surface area contributed by atoms with Gasteiger partial charge >= 0.3 is 0 Å². The topological polar surface area (TPSA) is 308 Å². The normalized spacial score (nSPS) is 24.4. The minimum atomic E-state index is -1.20. The van der Waals surface area contributed by atoms with Crippen molar-refractivity contribution in [2.75, 3.05) is 39.5 Å². The van der Waals surface area contributed by atoms with E-state index in [0.717, 1.165) is 0 Å². The van der Waals surface area contributed by atoms with Gasteiger partial charge in [-0.2, -0.15) is 0 Å². The van der Waals surface area contributed by atoms with Gasteiger partial charge in [0.25, 0.3) is 0 Å². The fraction of sp³-hybridized carbons (Fsp3) is 1.00. The van der Waals surface area contributed by atoms with Gasteiger partial charge in [0.15, 0.2) is 0 Å². The average molecular weight is 586 g/mol. The summed E-state index contributed by atoms with van der Waals surface area (Å²) >= 11 is 0. The molecule has 0 aliphatic carbocycles. The van der Waals surface area contributed by atoms with Crippen LogP contribution in [0.25, 0.3) is 0 Å². The highest BCUT2D eigenvalue weighted by molar-refractivity contribution is 4.91. The summed E-state index contributed by atoms with van der Waals surface area (Å²) in [6.45, 7) is 0.0252. The molecule has 1 fully saturated rings. The number of nitrogens with one attached hydrogen (secondary N) is 4. The minimum absolute atomic E-state index is 0.0679. The summed E-state index contributed by atoms with van der Waals surface area (Å²) in [6.07, 6.45) is -7.19. The van der Waals surface area contributed by atoms with Gasteiger partial charge in [0.2, 0.25) is 0 Å². The molecule has 40 heavy (non-hydrogen) atoms. The van der Waals surface area contributed by atoms with E-state index in [1.54, 1.807) is 0 Å². The van der Waals surface area contributed by atoms with Crippen LogP contribution >= 0.6 is 0 Å². The van der Waals surface area contributed by atoms with Gasteiger partial charge in [-0.15, -0.1) is 0 Å². The molecule has 1 heterocycles. The Morgan fingerprint density at radius 3 is 1.90 bits per heavy atom. The quantitative estimate of drug-likeness (QED) is 0.0495. The molecule has 12 unspecified atom stereocenters. The van der Waals surface area contributed by atoms with Crippen molar-refractivity contribution in [3.05, 3.63) is 0 Å². The Bertz CT molecular complexity index is 638. The molecule has 0 spiro atoms. The molecular formula is C24H55N7O9. The van der Waals surface area contributed by atoms with E-state index in [0.29, 0.717) is 19.6 Å². The third-order valence-electron chi connectivity index (χ3n) is 7.60. The lowest BCUT2D eigenvalue weighted by Gasteiger charge is -2.35. The molecule has 16 heteroatoms. The molecule has 1 rings (SSSR count). The van der Waals surface area contributed by atoms with Gasteiger partial charge in [-0.25, -0.2) is 0 Å². The summed E-state index contributed by atoms with van der Waals surface area (Å²) in [7, 11) is 0. The highest BCUT2D eigenvalue weighted by Crippen LogP contribution is 2.29. The second-order valence-electron chi connectivity index (χ2n) is 10.8. The first-order valence-corrected chi connectivity index (χ1v) is 14.1. The van der Waals surface area contributed by atoms with Gasteiger partial charge in [0.1, 0.15) is 24.9 Å². The van der Waals surface area contributed by atoms with Crippen LogP contribution in [0.3, 0.4) is 0 Å². The second kappa shape index (κ2) is 20.3. The van der Waals surface area contributed by atoms with Gasteiger partial charge in [-0.3, -0.25) is 10.6 Å². The monoisotopic (exact) mass is 585 g/mol. The SMILES string of the molecule is NCC(O)NCC(O)NC(CCC(N)O)C(O)CC(CO)C(O)CC(CO)C(O)C(CCC(N)O)C1CNCN1. The molecule has 240 valence electrons. The van der Waals surface area contributed by atoms with Crippen LogP contribution in [0.2, 0.25) is 0 Å². The molecule has 0 amide bonds. The highest BCUT2D eigenvalue weighted by Gasteiger charge is 2.37. The molecule has 1 aliphatic heterocycles. The van der Waals surface area contributed by atoms with Crippen molar-refractivity contribution in [1.29, 1.82) is 0 Å². The van der Waals surface area contributed by atoms with Gasteiger partial charge in [-0.1, -0.05) is 0 Å². The van der Waals surface area contributed by atoms with E-state index in [4.69, 9.17) is 17.2 Å². The number of rotatable bonds is 23. The van der Waals surface area contributed by atoms with Gasteiger partial charge in [0, 0.05) is 69.4 Å². The lowest BCUT2D eigenvalue weighted by Crippen LogP contribution is -2.52. The number of nitrogens with two attached hydrogens (primary N) is 3. The van der Waals surface area contributed by atoms with E-state index in [9.17, 15) is 46.0 Å². The molecule has 12 atom stereocenters. The van der Waals surface area contributed by atoms with Crippen molar-refractivity contribution in [2.24, 2.45) is 35.0 Å². The lowest BCUT2D eigenvalue weighted by molar-refractivity contribution is -0.0422. The molecular weight excluding hydrogens is 530 g/mol. The summed E-state index contributed by atoms with van der Waals surface area (Å²) in [5.74, 6) is -1.97. The molecule has 0 saturated carbocycles. The number of hydrogen-bond donors (Lipinski definition) is 16. The van der Waals surface area contributed by atoms with Gasteiger partial charge in [0.05, 0.1) is 18.3 Å². The molecule has 1 aliphatic rings. The van der Waals surface area contributed by atoms with Crippen LogP contribution in [-0.2, 0) is 0 Å². The van der Waals surface area contributed by atoms with Crippen molar-refractivity contribution >= 4 is 0 Å². The Morgan fingerprint density at radius 1 is 0.775 bits per heavy atom. The van der Waals surface area contributed by atoms with E-state index in [-0.39, 0.29) is 57.2 Å². The molecule has 0 aromatic carbocycles. The van der Waals surface area contributed by atoms with Gasteiger partial charge in [-0.05, 0) is 38.5 Å². The van der Waals surface area contributed by atoms with Gasteiger partial charge < -0.3 is 73.8 Å². The van der Waals surface area contributed by atoms with Crippen LogP contribution in [0.1, 0.15) is 38.5 Å². The minimum Gasteiger partial charge on any atom is -0.396 e. The average Bonchev–Trinajstić information content (AvgIpc) is 3.45. The fourth-order valence-corrected chi connectivity index (χ4v) is 5.16. The third kappa shape index (κ3) is 14.0. The van der Waals surface area contributed by atoms with E-state index in [1.807, 2.05) is 0 Å². The summed E-state index contributed by atoms with van der Waals surface area (Å²) in [5.41, 5.74) is 16.3. The number of aliphatic hydroxyl groups excluding tert-OH is 9. The highest BCUT2D eigenvalue weighted by atomic mass is 16.3. The second-order valence-corrected chi connectivity index (χ2v) is 10.8. The Labute approximate surface area is 235 Å². The maximum atomic E-state index is 11.2. The molecule has 16 nitrogen and oxygen atoms in total. The Balaban J connectivity index is 2.86. The maximum Gasteiger partial charge on any atom is 0.117 e. The largest absolute Gasteiger partial charge is 0.396 e. The van der Waals surface area contributed by atoms with Crippen LogP contribution in [0.15, 0.2) is 0 Å². The first-order valence-electron chi connectivity index (χ1n) is 14.1. The zero-order valence-corrected chi connectivity index (χ0v) is 23.2. The van der Waals surface area contributed by atoms with Crippen molar-refractivity contribution < 1.29 is 46.0 Å². The molecule has 0 aromatic heterocycles. The predicted octanol–water partition coefficient (Wildman–Crippen LogP) is -6.54. The fourth-order valence-electron chi connectivity index (χ4n) is 5.16. The summed E-state index contributed by atoms with van der Waals surface area (Å²) in [4.78, 5) is 0. The molecule has 19 N–H and O–H groups in total. The zero-order chi connectivity index (χ0) is 30.2. The van der Waals surface area contributed by atoms with Crippen LogP contribution in [0, 0.1) is 17.8 Å². The molecule has 0 aromatic rings. The maximum absolute atomic E-state index is 11.2. The van der Waals surface area contributed by atoms with Crippen LogP contribution in [0.5, 0.6) is 0 Å².